The van der Waals surface area contributed by atoms with Crippen LogP contribution in [0.15, 0.2) is 42.7 Å². The number of urea groups is 1. The van der Waals surface area contributed by atoms with Crippen LogP contribution in [0.1, 0.15) is 5.56 Å². The van der Waals surface area contributed by atoms with E-state index in [0.29, 0.717) is 6.54 Å². The summed E-state index contributed by atoms with van der Waals surface area (Å²) in [6, 6.07) is 8.97. The van der Waals surface area contributed by atoms with Crippen molar-refractivity contribution in [1.82, 2.24) is 24.9 Å². The number of hydrogen-bond acceptors (Lipinski definition) is 4. The van der Waals surface area contributed by atoms with E-state index in [1.807, 2.05) is 36.5 Å². The van der Waals surface area contributed by atoms with Crippen LogP contribution in [0.25, 0.3) is 5.69 Å². The number of amides is 4. The highest BCUT2D eigenvalue weighted by Gasteiger charge is 2.30. The normalized spacial score (nSPS) is 14.0. The van der Waals surface area contributed by atoms with Crippen molar-refractivity contribution in [3.63, 3.8) is 0 Å². The summed E-state index contributed by atoms with van der Waals surface area (Å²) >= 11 is 0. The van der Waals surface area contributed by atoms with Gasteiger partial charge in [0, 0.05) is 26.0 Å². The molecule has 0 spiro atoms. The molecule has 1 aromatic heterocycles. The topological polar surface area (TPSA) is 87.5 Å². The molecule has 0 atom stereocenters. The summed E-state index contributed by atoms with van der Waals surface area (Å²) in [7, 11) is 1.64. The van der Waals surface area contributed by atoms with Gasteiger partial charge < -0.3 is 10.2 Å². The molecular weight excluding hydrogens is 310 g/mol. The summed E-state index contributed by atoms with van der Waals surface area (Å²) in [4.78, 5) is 37.6. The Morgan fingerprint density at radius 1 is 1.29 bits per heavy atom. The van der Waals surface area contributed by atoms with Gasteiger partial charge in [-0.05, 0) is 23.8 Å². The molecule has 1 N–H and O–H groups in total. The van der Waals surface area contributed by atoms with Gasteiger partial charge in [-0.15, -0.1) is 0 Å². The van der Waals surface area contributed by atoms with Gasteiger partial charge in [-0.3, -0.25) is 14.5 Å². The fraction of sp³-hybridized carbons (Fsp3) is 0.250. The largest absolute Gasteiger partial charge is 0.340 e. The Labute approximate surface area is 138 Å². The van der Waals surface area contributed by atoms with Gasteiger partial charge in [0.25, 0.3) is 5.91 Å². The highest BCUT2D eigenvalue weighted by Crippen LogP contribution is 2.11. The maximum absolute atomic E-state index is 12.2. The van der Waals surface area contributed by atoms with Crippen LogP contribution in [-0.2, 0) is 16.1 Å². The van der Waals surface area contributed by atoms with Gasteiger partial charge in [-0.25, -0.2) is 9.48 Å². The number of carbonyl (C=O) groups is 3. The Bertz CT molecular complexity index is 739. The molecule has 0 saturated carbocycles. The average molecular weight is 327 g/mol. The zero-order valence-corrected chi connectivity index (χ0v) is 13.2. The molecule has 8 heteroatoms. The number of carbonyl (C=O) groups excluding carboxylic acids is 3. The molecule has 1 aliphatic rings. The fourth-order valence-electron chi connectivity index (χ4n) is 2.41. The van der Waals surface area contributed by atoms with Crippen LogP contribution in [0, 0.1) is 0 Å². The molecule has 1 aliphatic heterocycles. The van der Waals surface area contributed by atoms with Gasteiger partial charge in [0.2, 0.25) is 5.91 Å². The molecular formula is C16H17N5O3. The number of imide groups is 1. The van der Waals surface area contributed by atoms with Gasteiger partial charge in [0.15, 0.2) is 0 Å². The first kappa shape index (κ1) is 15.7. The monoisotopic (exact) mass is 327 g/mol. The van der Waals surface area contributed by atoms with Crippen LogP contribution in [0.5, 0.6) is 0 Å². The van der Waals surface area contributed by atoms with E-state index in [0.717, 1.165) is 16.2 Å². The van der Waals surface area contributed by atoms with Crippen LogP contribution in [0.4, 0.5) is 4.79 Å². The third-order valence-corrected chi connectivity index (χ3v) is 3.78. The predicted molar refractivity (Wildman–Crippen MR) is 85.1 cm³/mol. The Balaban J connectivity index is 1.60. The quantitative estimate of drug-likeness (QED) is 0.805. The second kappa shape index (κ2) is 6.53. The van der Waals surface area contributed by atoms with Crippen molar-refractivity contribution in [3.05, 3.63) is 48.3 Å². The minimum atomic E-state index is -0.523. The molecule has 0 radical (unpaired) electrons. The second-order valence-electron chi connectivity index (χ2n) is 5.51. The number of likely N-dealkylation sites (N-methyl/N-ethyl adjacent to an activating group) is 1. The van der Waals surface area contributed by atoms with Crippen LogP contribution >= 0.6 is 0 Å². The Morgan fingerprint density at radius 2 is 2.04 bits per heavy atom. The molecule has 1 saturated heterocycles. The van der Waals surface area contributed by atoms with Gasteiger partial charge in [-0.1, -0.05) is 12.1 Å². The zero-order chi connectivity index (χ0) is 17.1. The van der Waals surface area contributed by atoms with E-state index in [9.17, 15) is 14.4 Å². The summed E-state index contributed by atoms with van der Waals surface area (Å²) in [6.07, 6.45) is 3.55. The van der Waals surface area contributed by atoms with Crippen LogP contribution in [-0.4, -0.2) is 57.6 Å². The van der Waals surface area contributed by atoms with Gasteiger partial charge in [-0.2, -0.15) is 5.10 Å². The third kappa shape index (κ3) is 3.27. The van der Waals surface area contributed by atoms with Crippen molar-refractivity contribution in [2.45, 2.75) is 6.54 Å². The smallest absolute Gasteiger partial charge is 0.325 e. The van der Waals surface area contributed by atoms with Crippen molar-refractivity contribution >= 4 is 17.8 Å². The van der Waals surface area contributed by atoms with Crippen LogP contribution in [0.2, 0.25) is 0 Å². The lowest BCUT2D eigenvalue weighted by Gasteiger charge is -2.20. The first-order valence-electron chi connectivity index (χ1n) is 7.46. The third-order valence-electron chi connectivity index (χ3n) is 3.78. The molecule has 4 amide bonds. The number of nitrogens with zero attached hydrogens (tertiary/aromatic N) is 4. The van der Waals surface area contributed by atoms with Crippen molar-refractivity contribution in [2.75, 3.05) is 20.1 Å². The maximum atomic E-state index is 12.2. The first-order chi connectivity index (χ1) is 11.5. The number of hydrogen-bond donors (Lipinski definition) is 1. The SMILES string of the molecule is CN(Cc1ccc(-n2cccn2)cc1)C(=O)CN1C(=O)CNC1=O. The molecule has 2 aromatic rings. The van der Waals surface area contributed by atoms with Crippen molar-refractivity contribution in [3.8, 4) is 5.69 Å². The lowest BCUT2D eigenvalue weighted by Crippen LogP contribution is -2.41. The van der Waals surface area contributed by atoms with E-state index in [4.69, 9.17) is 0 Å². The molecule has 0 bridgehead atoms. The van der Waals surface area contributed by atoms with E-state index in [1.54, 1.807) is 17.9 Å². The predicted octanol–water partition coefficient (Wildman–Crippen LogP) is 0.382. The maximum Gasteiger partial charge on any atom is 0.325 e. The molecule has 2 heterocycles. The highest BCUT2D eigenvalue weighted by molar-refractivity contribution is 6.04. The Hall–Kier alpha value is -3.16. The van der Waals surface area contributed by atoms with Crippen molar-refractivity contribution in [2.24, 2.45) is 0 Å². The number of nitrogens with one attached hydrogen (secondary N) is 1. The average Bonchev–Trinajstić information content (AvgIpc) is 3.21. The van der Waals surface area contributed by atoms with Gasteiger partial charge >= 0.3 is 6.03 Å². The number of benzene rings is 1. The molecule has 1 fully saturated rings. The Kier molecular flexibility index (Phi) is 4.28. The van der Waals surface area contributed by atoms with Crippen LogP contribution in [0.3, 0.4) is 0 Å². The van der Waals surface area contributed by atoms with E-state index >= 15 is 0 Å². The molecule has 3 rings (SSSR count). The molecule has 1 aromatic carbocycles. The van der Waals surface area contributed by atoms with Crippen molar-refractivity contribution < 1.29 is 14.4 Å². The lowest BCUT2D eigenvalue weighted by atomic mass is 10.2. The van der Waals surface area contributed by atoms with Crippen molar-refractivity contribution in [1.29, 1.82) is 0 Å². The second-order valence-corrected chi connectivity index (χ2v) is 5.51. The van der Waals surface area contributed by atoms with Crippen LogP contribution < -0.4 is 5.32 Å². The standard InChI is InChI=1S/C16H17N5O3/c1-19(15(23)11-20-14(22)9-17-16(20)24)10-12-3-5-13(6-4-12)21-8-2-7-18-21/h2-8H,9-11H2,1H3,(H,17,24). The molecule has 24 heavy (non-hydrogen) atoms. The van der Waals surface area contributed by atoms with Gasteiger partial charge in [0.05, 0.1) is 12.2 Å². The molecule has 8 nitrogen and oxygen atoms in total. The summed E-state index contributed by atoms with van der Waals surface area (Å²) in [6.45, 7) is 0.0964. The molecule has 0 aliphatic carbocycles. The highest BCUT2D eigenvalue weighted by atomic mass is 16.2. The number of aromatic nitrogens is 2. The fourth-order valence-corrected chi connectivity index (χ4v) is 2.41. The van der Waals surface area contributed by atoms with E-state index in [1.165, 1.54) is 4.90 Å². The summed E-state index contributed by atoms with van der Waals surface area (Å²) in [5.74, 6) is -0.679. The van der Waals surface area contributed by atoms with E-state index < -0.39 is 6.03 Å². The van der Waals surface area contributed by atoms with E-state index in [-0.39, 0.29) is 24.9 Å². The Morgan fingerprint density at radius 3 is 2.62 bits per heavy atom. The first-order valence-corrected chi connectivity index (χ1v) is 7.46. The summed E-state index contributed by atoms with van der Waals surface area (Å²) < 4.78 is 1.75. The summed E-state index contributed by atoms with van der Waals surface area (Å²) in [5, 5.41) is 6.55. The number of rotatable bonds is 5. The minimum Gasteiger partial charge on any atom is -0.340 e. The summed E-state index contributed by atoms with van der Waals surface area (Å²) in [5.41, 5.74) is 1.87. The molecule has 0 unspecified atom stereocenters. The lowest BCUT2D eigenvalue weighted by molar-refractivity contribution is -0.135. The van der Waals surface area contributed by atoms with Gasteiger partial charge in [0.1, 0.15) is 6.54 Å². The molecule has 124 valence electrons. The zero-order valence-electron chi connectivity index (χ0n) is 13.2. The van der Waals surface area contributed by atoms with E-state index in [2.05, 4.69) is 10.4 Å². The minimum absolute atomic E-state index is 0.0509.